The third kappa shape index (κ3) is 4.69. The Morgan fingerprint density at radius 3 is 2.65 bits per heavy atom. The van der Waals surface area contributed by atoms with Gasteiger partial charge in [-0.2, -0.15) is 0 Å². The van der Waals surface area contributed by atoms with Crippen molar-refractivity contribution in [1.29, 1.82) is 0 Å². The van der Waals surface area contributed by atoms with E-state index in [1.165, 1.54) is 30.3 Å². The van der Waals surface area contributed by atoms with E-state index >= 15 is 0 Å². The SMILES string of the molecule is O=C(/C=C/c1ccc2c(c1)OCO2)OCCCC(=O)c1ccc(F)cc1. The number of carbonyl (C=O) groups is 2. The van der Waals surface area contributed by atoms with Gasteiger partial charge in [0.2, 0.25) is 6.79 Å². The first-order chi connectivity index (χ1) is 12.6. The van der Waals surface area contributed by atoms with Crippen molar-refractivity contribution >= 4 is 17.8 Å². The summed E-state index contributed by atoms with van der Waals surface area (Å²) in [6.45, 7) is 0.332. The van der Waals surface area contributed by atoms with E-state index in [1.807, 2.05) is 0 Å². The average molecular weight is 356 g/mol. The van der Waals surface area contributed by atoms with Gasteiger partial charge in [0.15, 0.2) is 17.3 Å². The number of ketones is 1. The number of esters is 1. The number of hydrogen-bond acceptors (Lipinski definition) is 5. The number of benzene rings is 2. The molecule has 0 bridgehead atoms. The Labute approximate surface area is 150 Å². The molecule has 2 aromatic carbocycles. The van der Waals surface area contributed by atoms with Crippen LogP contribution in [-0.4, -0.2) is 25.2 Å². The Kier molecular flexibility index (Phi) is 5.63. The largest absolute Gasteiger partial charge is 0.463 e. The fourth-order valence-corrected chi connectivity index (χ4v) is 2.41. The van der Waals surface area contributed by atoms with Gasteiger partial charge in [0, 0.05) is 18.1 Å². The van der Waals surface area contributed by atoms with E-state index in [0.29, 0.717) is 23.5 Å². The van der Waals surface area contributed by atoms with Crippen molar-refractivity contribution in [3.05, 3.63) is 65.5 Å². The van der Waals surface area contributed by atoms with E-state index < -0.39 is 5.97 Å². The number of hydrogen-bond donors (Lipinski definition) is 0. The van der Waals surface area contributed by atoms with Crippen LogP contribution in [-0.2, 0) is 9.53 Å². The number of ether oxygens (including phenoxy) is 3. The minimum Gasteiger partial charge on any atom is -0.463 e. The highest BCUT2D eigenvalue weighted by Gasteiger charge is 2.12. The average Bonchev–Trinajstić information content (AvgIpc) is 3.11. The summed E-state index contributed by atoms with van der Waals surface area (Å²) in [5.74, 6) is 0.328. The van der Waals surface area contributed by atoms with E-state index in [4.69, 9.17) is 14.2 Å². The fraction of sp³-hybridized carbons (Fsp3) is 0.200. The molecule has 1 aliphatic heterocycles. The van der Waals surface area contributed by atoms with Gasteiger partial charge < -0.3 is 14.2 Å². The summed E-state index contributed by atoms with van der Waals surface area (Å²) in [6, 6.07) is 10.7. The van der Waals surface area contributed by atoms with Crippen molar-refractivity contribution in [3.63, 3.8) is 0 Å². The van der Waals surface area contributed by atoms with Crippen molar-refractivity contribution in [1.82, 2.24) is 0 Å². The first-order valence-electron chi connectivity index (χ1n) is 8.15. The maximum atomic E-state index is 12.8. The van der Waals surface area contributed by atoms with Crippen molar-refractivity contribution in [2.75, 3.05) is 13.4 Å². The molecule has 0 saturated carbocycles. The van der Waals surface area contributed by atoms with Gasteiger partial charge in [0.25, 0.3) is 0 Å². The van der Waals surface area contributed by atoms with Crippen LogP contribution < -0.4 is 9.47 Å². The molecule has 0 amide bonds. The molecule has 0 fully saturated rings. The van der Waals surface area contributed by atoms with Crippen LogP contribution in [0.3, 0.4) is 0 Å². The smallest absolute Gasteiger partial charge is 0.330 e. The van der Waals surface area contributed by atoms with Gasteiger partial charge >= 0.3 is 5.97 Å². The molecular formula is C20H17FO5. The van der Waals surface area contributed by atoms with Gasteiger partial charge in [-0.15, -0.1) is 0 Å². The topological polar surface area (TPSA) is 61.8 Å². The van der Waals surface area contributed by atoms with Crippen LogP contribution in [0.4, 0.5) is 4.39 Å². The van der Waals surface area contributed by atoms with Gasteiger partial charge in [0.1, 0.15) is 5.82 Å². The maximum Gasteiger partial charge on any atom is 0.330 e. The molecule has 0 aromatic heterocycles. The number of rotatable bonds is 7. The zero-order valence-electron chi connectivity index (χ0n) is 13.9. The number of halogens is 1. The van der Waals surface area contributed by atoms with Crippen LogP contribution in [0.25, 0.3) is 6.08 Å². The molecular weight excluding hydrogens is 339 g/mol. The van der Waals surface area contributed by atoms with E-state index in [2.05, 4.69) is 0 Å². The number of Topliss-reactive ketones (excluding diaryl/α,β-unsaturated/α-hetero) is 1. The molecule has 0 N–H and O–H groups in total. The van der Waals surface area contributed by atoms with Crippen molar-refractivity contribution in [3.8, 4) is 11.5 Å². The van der Waals surface area contributed by atoms with Crippen LogP contribution in [0.15, 0.2) is 48.5 Å². The summed E-state index contributed by atoms with van der Waals surface area (Å²) in [5, 5.41) is 0. The second kappa shape index (κ2) is 8.29. The predicted octanol–water partition coefficient (Wildman–Crippen LogP) is 3.77. The first kappa shape index (κ1) is 17.7. The molecule has 26 heavy (non-hydrogen) atoms. The molecule has 0 radical (unpaired) electrons. The highest BCUT2D eigenvalue weighted by Crippen LogP contribution is 2.32. The van der Waals surface area contributed by atoms with Crippen LogP contribution in [0.5, 0.6) is 11.5 Å². The summed E-state index contributed by atoms with van der Waals surface area (Å²) in [5.41, 5.74) is 1.23. The predicted molar refractivity (Wildman–Crippen MR) is 92.5 cm³/mol. The zero-order chi connectivity index (χ0) is 18.4. The van der Waals surface area contributed by atoms with Gasteiger partial charge in [0.05, 0.1) is 6.61 Å². The van der Waals surface area contributed by atoms with Gasteiger partial charge in [-0.05, 0) is 54.5 Å². The number of fused-ring (bicyclic) bond motifs is 1. The van der Waals surface area contributed by atoms with Crippen molar-refractivity contribution in [2.24, 2.45) is 0 Å². The molecule has 0 unspecified atom stereocenters. The Balaban J connectivity index is 1.40. The van der Waals surface area contributed by atoms with Crippen LogP contribution in [0.1, 0.15) is 28.8 Å². The third-order valence-electron chi connectivity index (χ3n) is 3.77. The molecule has 6 heteroatoms. The molecule has 0 atom stereocenters. The van der Waals surface area contributed by atoms with E-state index in [-0.39, 0.29) is 31.4 Å². The minimum atomic E-state index is -0.489. The van der Waals surface area contributed by atoms with E-state index in [1.54, 1.807) is 24.3 Å². The lowest BCUT2D eigenvalue weighted by atomic mass is 10.1. The third-order valence-corrected chi connectivity index (χ3v) is 3.77. The highest BCUT2D eigenvalue weighted by atomic mass is 19.1. The van der Waals surface area contributed by atoms with Gasteiger partial charge in [-0.25, -0.2) is 9.18 Å². The normalized spacial score (nSPS) is 12.3. The molecule has 0 aliphatic carbocycles. The fourth-order valence-electron chi connectivity index (χ4n) is 2.41. The monoisotopic (exact) mass is 356 g/mol. The summed E-state index contributed by atoms with van der Waals surface area (Å²) in [7, 11) is 0. The molecule has 3 rings (SSSR count). The Bertz CT molecular complexity index is 827. The van der Waals surface area contributed by atoms with Crippen molar-refractivity contribution in [2.45, 2.75) is 12.8 Å². The maximum absolute atomic E-state index is 12.8. The molecule has 0 spiro atoms. The van der Waals surface area contributed by atoms with Crippen LogP contribution in [0, 0.1) is 5.82 Å². The van der Waals surface area contributed by atoms with E-state index in [0.717, 1.165) is 5.56 Å². The lowest BCUT2D eigenvalue weighted by Gasteiger charge is -2.03. The molecule has 5 nitrogen and oxygen atoms in total. The lowest BCUT2D eigenvalue weighted by molar-refractivity contribution is -0.137. The van der Waals surface area contributed by atoms with Crippen LogP contribution >= 0.6 is 0 Å². The second-order valence-corrected chi connectivity index (χ2v) is 5.65. The quantitative estimate of drug-likeness (QED) is 0.327. The summed E-state index contributed by atoms with van der Waals surface area (Å²) in [4.78, 5) is 23.6. The Morgan fingerprint density at radius 2 is 1.85 bits per heavy atom. The highest BCUT2D eigenvalue weighted by molar-refractivity contribution is 5.96. The molecule has 134 valence electrons. The molecule has 2 aromatic rings. The summed E-state index contributed by atoms with van der Waals surface area (Å²) < 4.78 is 28.4. The second-order valence-electron chi connectivity index (χ2n) is 5.65. The standard InChI is InChI=1S/C20H17FO5/c21-16-7-5-15(6-8-16)17(22)2-1-11-24-20(23)10-4-14-3-9-18-19(12-14)26-13-25-18/h3-10,12H,1-2,11,13H2/b10-4+. The summed E-state index contributed by atoms with van der Waals surface area (Å²) >= 11 is 0. The van der Waals surface area contributed by atoms with Gasteiger partial charge in [-0.3, -0.25) is 4.79 Å². The minimum absolute atomic E-state index is 0.114. The first-order valence-corrected chi connectivity index (χ1v) is 8.15. The number of carbonyl (C=O) groups excluding carboxylic acids is 2. The molecule has 0 saturated heterocycles. The lowest BCUT2D eigenvalue weighted by Crippen LogP contribution is -2.05. The Morgan fingerprint density at radius 1 is 1.08 bits per heavy atom. The molecule has 1 aliphatic rings. The Hall–Kier alpha value is -3.15. The molecule has 1 heterocycles. The summed E-state index contributed by atoms with van der Waals surface area (Å²) in [6.07, 6.45) is 3.57. The van der Waals surface area contributed by atoms with E-state index in [9.17, 15) is 14.0 Å². The zero-order valence-corrected chi connectivity index (χ0v) is 13.9. The van der Waals surface area contributed by atoms with Crippen molar-refractivity contribution < 1.29 is 28.2 Å². The van der Waals surface area contributed by atoms with Crippen LogP contribution in [0.2, 0.25) is 0 Å². The van der Waals surface area contributed by atoms with Gasteiger partial charge in [-0.1, -0.05) is 6.07 Å².